The molecule has 0 aromatic heterocycles. The van der Waals surface area contributed by atoms with Crippen LogP contribution in [-0.4, -0.2) is 43.0 Å². The lowest BCUT2D eigenvalue weighted by molar-refractivity contribution is -0.123. The maximum Gasteiger partial charge on any atom is 0.407 e. The largest absolute Gasteiger partial charge is 0.512 e. The highest BCUT2D eigenvalue weighted by Crippen LogP contribution is 2.44. The zero-order chi connectivity index (χ0) is 28.8. The second kappa shape index (κ2) is 13.6. The molecule has 1 fully saturated rings. The molecule has 0 unspecified atom stereocenters. The van der Waals surface area contributed by atoms with E-state index in [2.05, 4.69) is 46.9 Å². The van der Waals surface area contributed by atoms with Gasteiger partial charge in [0.25, 0.3) is 0 Å². The summed E-state index contributed by atoms with van der Waals surface area (Å²) in [4.78, 5) is 27.0. The number of aliphatic hydroxyl groups is 1. The van der Waals surface area contributed by atoms with Crippen LogP contribution in [0.15, 0.2) is 11.8 Å². The molecule has 0 heterocycles. The molecule has 1 aliphatic rings. The van der Waals surface area contributed by atoms with Gasteiger partial charge in [-0.3, -0.25) is 4.79 Å². The average Bonchev–Trinajstić information content (AvgIpc) is 2.71. The van der Waals surface area contributed by atoms with E-state index in [0.29, 0.717) is 12.3 Å². The fourth-order valence-electron chi connectivity index (χ4n) is 5.90. The minimum Gasteiger partial charge on any atom is -0.512 e. The number of carbonyl (C=O) groups is 2. The van der Waals surface area contributed by atoms with E-state index >= 15 is 0 Å². The van der Waals surface area contributed by atoms with Crippen LogP contribution in [0.4, 0.5) is 4.79 Å². The molecular weight excluding hydrogens is 482 g/mol. The smallest absolute Gasteiger partial charge is 0.407 e. The van der Waals surface area contributed by atoms with Gasteiger partial charge in [0.1, 0.15) is 17.5 Å². The molecule has 6 nitrogen and oxygen atoms in total. The van der Waals surface area contributed by atoms with Crippen LogP contribution in [0.1, 0.15) is 122 Å². The monoisotopic (exact) mass is 539 g/mol. The highest BCUT2D eigenvalue weighted by Gasteiger charge is 2.49. The van der Waals surface area contributed by atoms with Crippen molar-refractivity contribution < 1.29 is 23.9 Å². The van der Waals surface area contributed by atoms with E-state index in [1.54, 1.807) is 0 Å². The summed E-state index contributed by atoms with van der Waals surface area (Å²) in [6.07, 6.45) is 6.27. The van der Waals surface area contributed by atoms with Crippen LogP contribution in [0.2, 0.25) is 16.6 Å². The third-order valence-electron chi connectivity index (χ3n) is 7.75. The van der Waals surface area contributed by atoms with Gasteiger partial charge < -0.3 is 19.6 Å². The lowest BCUT2D eigenvalue weighted by Gasteiger charge is -2.46. The Morgan fingerprint density at radius 1 is 0.919 bits per heavy atom. The molecule has 0 bridgehead atoms. The number of alkyl carbamates (subject to hydrolysis) is 1. The number of rotatable bonds is 11. The molecule has 0 aliphatic heterocycles. The first-order chi connectivity index (χ1) is 16.8. The van der Waals surface area contributed by atoms with Crippen molar-refractivity contribution in [3.8, 4) is 0 Å². The molecule has 0 aromatic rings. The minimum absolute atomic E-state index is 0.0192. The fourth-order valence-corrected chi connectivity index (χ4v) is 11.4. The third kappa shape index (κ3) is 10.0. The summed E-state index contributed by atoms with van der Waals surface area (Å²) >= 11 is 0. The van der Waals surface area contributed by atoms with Crippen LogP contribution in [0, 0.1) is 11.3 Å². The maximum atomic E-state index is 14.0. The highest BCUT2D eigenvalue weighted by atomic mass is 28.4. The van der Waals surface area contributed by atoms with Crippen molar-refractivity contribution in [1.29, 1.82) is 0 Å². The molecule has 2 N–H and O–H groups in total. The summed E-state index contributed by atoms with van der Waals surface area (Å²) in [6, 6.07) is -0.544. The van der Waals surface area contributed by atoms with Gasteiger partial charge in [-0.25, -0.2) is 4.79 Å². The molecule has 1 rings (SSSR count). The molecule has 216 valence electrons. The summed E-state index contributed by atoms with van der Waals surface area (Å²) in [5.74, 6) is 0.134. The van der Waals surface area contributed by atoms with Gasteiger partial charge in [-0.15, -0.1) is 0 Å². The predicted octanol–water partition coefficient (Wildman–Crippen LogP) is 8.47. The highest BCUT2D eigenvalue weighted by molar-refractivity contribution is 6.77. The maximum absolute atomic E-state index is 14.0. The van der Waals surface area contributed by atoms with E-state index in [4.69, 9.17) is 9.16 Å². The van der Waals surface area contributed by atoms with E-state index in [1.165, 1.54) is 12.5 Å². The molecule has 1 saturated carbocycles. The number of hydrogen-bond donors (Lipinski definition) is 2. The number of nitrogens with one attached hydrogen (secondary N) is 1. The number of ether oxygens (including phenoxy) is 1. The molecule has 0 radical (unpaired) electrons. The normalized spacial score (nSPS) is 18.3. The van der Waals surface area contributed by atoms with Crippen LogP contribution in [0.3, 0.4) is 0 Å². The van der Waals surface area contributed by atoms with E-state index < -0.39 is 37.6 Å². The third-order valence-corrected chi connectivity index (χ3v) is 13.8. The van der Waals surface area contributed by atoms with Crippen molar-refractivity contribution in [3.05, 3.63) is 11.8 Å². The summed E-state index contributed by atoms with van der Waals surface area (Å²) < 4.78 is 12.7. The van der Waals surface area contributed by atoms with Crippen LogP contribution >= 0.6 is 0 Å². The lowest BCUT2D eigenvalue weighted by atomic mass is 9.83. The van der Waals surface area contributed by atoms with Gasteiger partial charge in [0.05, 0.1) is 6.04 Å². The Labute approximate surface area is 228 Å². The summed E-state index contributed by atoms with van der Waals surface area (Å²) in [7, 11) is -2.50. The molecule has 0 aromatic carbocycles. The molecule has 0 spiro atoms. The van der Waals surface area contributed by atoms with Crippen molar-refractivity contribution in [2.75, 3.05) is 0 Å². The second-order valence-electron chi connectivity index (χ2n) is 14.0. The van der Waals surface area contributed by atoms with Gasteiger partial charge in [-0.1, -0.05) is 94.4 Å². The van der Waals surface area contributed by atoms with E-state index in [-0.39, 0.29) is 28.2 Å². The Bertz CT molecular complexity index is 748. The Kier molecular flexibility index (Phi) is 12.4. The molecule has 7 heteroatoms. The number of hydrogen-bond acceptors (Lipinski definition) is 5. The predicted molar refractivity (Wildman–Crippen MR) is 155 cm³/mol. The topological polar surface area (TPSA) is 84.9 Å². The molecule has 2 atom stereocenters. The van der Waals surface area contributed by atoms with E-state index in [9.17, 15) is 14.7 Å². The summed E-state index contributed by atoms with van der Waals surface area (Å²) in [5, 5.41) is 13.8. The van der Waals surface area contributed by atoms with Crippen molar-refractivity contribution in [1.82, 2.24) is 5.32 Å². The number of ketones is 1. The Morgan fingerprint density at radius 3 is 1.81 bits per heavy atom. The Hall–Kier alpha value is -1.34. The zero-order valence-electron chi connectivity index (χ0n) is 25.9. The first-order valence-electron chi connectivity index (χ1n) is 14.4. The van der Waals surface area contributed by atoms with E-state index in [0.717, 1.165) is 25.7 Å². The van der Waals surface area contributed by atoms with E-state index in [1.807, 2.05) is 41.5 Å². The van der Waals surface area contributed by atoms with Gasteiger partial charge in [-0.2, -0.15) is 0 Å². The summed E-state index contributed by atoms with van der Waals surface area (Å²) in [5.41, 5.74) is -0.434. The average molecular weight is 540 g/mol. The fraction of sp³-hybridized carbons (Fsp3) is 0.867. The molecular formula is C30H57NO5Si. The Balaban J connectivity index is 3.62. The number of allylic oxidation sites excluding steroid dienone is 1. The molecule has 1 amide bonds. The van der Waals surface area contributed by atoms with Crippen LogP contribution in [0.5, 0.6) is 0 Å². The van der Waals surface area contributed by atoms with Crippen molar-refractivity contribution in [3.63, 3.8) is 0 Å². The van der Waals surface area contributed by atoms with Gasteiger partial charge in [-0.05, 0) is 49.7 Å². The van der Waals surface area contributed by atoms with Crippen molar-refractivity contribution >= 4 is 20.2 Å². The van der Waals surface area contributed by atoms with Crippen molar-refractivity contribution in [2.45, 2.75) is 156 Å². The standard InChI is InChI=1S/C30H57NO5Si/c1-20(2)37(21(3)4,22(5)6)36-27(25(32)19-26(33)29(7,8)9)24(18-23-16-14-13-15-17-23)31-28(34)35-30(10,11)12/h19-24,27,33H,13-18H2,1-12H3,(H,31,34)/b26-19-/t24-,27+/m1/s1. The van der Waals surface area contributed by atoms with Crippen LogP contribution < -0.4 is 5.32 Å². The zero-order valence-corrected chi connectivity index (χ0v) is 26.9. The molecule has 0 saturated heterocycles. The Morgan fingerprint density at radius 2 is 1.41 bits per heavy atom. The second-order valence-corrected chi connectivity index (χ2v) is 19.4. The first-order valence-corrected chi connectivity index (χ1v) is 16.6. The SMILES string of the molecule is CC(C)[Si](O[C@H](C(=O)/C=C(\O)C(C)(C)C)[C@@H](CC1CCCCC1)NC(=O)OC(C)(C)C)(C(C)C)C(C)C. The molecule has 37 heavy (non-hydrogen) atoms. The van der Waals surface area contributed by atoms with Crippen LogP contribution in [0.25, 0.3) is 0 Å². The molecule has 1 aliphatic carbocycles. The number of carbonyl (C=O) groups excluding carboxylic acids is 2. The van der Waals surface area contributed by atoms with Gasteiger partial charge in [0, 0.05) is 11.5 Å². The first kappa shape index (κ1) is 33.7. The van der Waals surface area contributed by atoms with Gasteiger partial charge in [0.15, 0.2) is 5.78 Å². The lowest BCUT2D eigenvalue weighted by Crippen LogP contribution is -2.58. The van der Waals surface area contributed by atoms with Crippen LogP contribution in [-0.2, 0) is 14.0 Å². The van der Waals surface area contributed by atoms with Gasteiger partial charge >= 0.3 is 6.09 Å². The number of amides is 1. The summed E-state index contributed by atoms with van der Waals surface area (Å²) in [6.45, 7) is 24.2. The minimum atomic E-state index is -2.50. The van der Waals surface area contributed by atoms with Crippen molar-refractivity contribution in [2.24, 2.45) is 11.3 Å². The van der Waals surface area contributed by atoms with Gasteiger partial charge in [0.2, 0.25) is 8.32 Å². The quantitative estimate of drug-likeness (QED) is 0.156. The number of aliphatic hydroxyl groups excluding tert-OH is 1.